The van der Waals surface area contributed by atoms with E-state index in [1.165, 1.54) is 0 Å². The first-order valence-electron chi connectivity index (χ1n) is 18.4. The molecular formula is C45H46NO8P. The van der Waals surface area contributed by atoms with E-state index < -0.39 is 56.2 Å². The number of ether oxygens (including phenoxy) is 6. The lowest BCUT2D eigenvalue weighted by molar-refractivity contribution is -0.346. The first kappa shape index (κ1) is 38.4. The van der Waals surface area contributed by atoms with Gasteiger partial charge < -0.3 is 33.7 Å². The van der Waals surface area contributed by atoms with E-state index in [1.807, 2.05) is 115 Å². The fourth-order valence-electron chi connectivity index (χ4n) is 6.66. The smallest absolute Gasteiger partial charge is 0.311 e. The number of esters is 1. The van der Waals surface area contributed by atoms with E-state index in [2.05, 4.69) is 29.6 Å². The summed E-state index contributed by atoms with van der Waals surface area (Å²) in [6.07, 6.45) is -4.29. The van der Waals surface area contributed by atoms with Crippen LogP contribution in [0.2, 0.25) is 0 Å². The molecular weight excluding hydrogens is 713 g/mol. The van der Waals surface area contributed by atoms with Gasteiger partial charge in [0.15, 0.2) is 18.7 Å². The van der Waals surface area contributed by atoms with Crippen molar-refractivity contribution < 1.29 is 38.0 Å². The molecule has 7 rings (SSSR count). The molecule has 0 radical (unpaired) electrons. The van der Waals surface area contributed by atoms with Crippen LogP contribution < -0.4 is 26.0 Å². The zero-order valence-corrected chi connectivity index (χ0v) is 32.3. The third-order valence-electron chi connectivity index (χ3n) is 9.56. The van der Waals surface area contributed by atoms with Gasteiger partial charge in [-0.15, -0.1) is 0 Å². The van der Waals surface area contributed by atoms with Crippen molar-refractivity contribution in [1.29, 1.82) is 0 Å². The molecule has 5 aromatic carbocycles. The summed E-state index contributed by atoms with van der Waals surface area (Å²) in [5.41, 5.74) is 1.32. The van der Waals surface area contributed by atoms with Gasteiger partial charge >= 0.3 is 5.97 Å². The van der Waals surface area contributed by atoms with Gasteiger partial charge in [-0.05, 0) is 68.4 Å². The molecule has 2 aliphatic rings. The zero-order valence-electron chi connectivity index (χ0n) is 31.4. The predicted molar refractivity (Wildman–Crippen MR) is 212 cm³/mol. The number of amides is 1. The molecule has 2 heterocycles. The molecule has 0 aliphatic carbocycles. The van der Waals surface area contributed by atoms with Crippen molar-refractivity contribution in [3.63, 3.8) is 0 Å². The lowest BCUT2D eigenvalue weighted by atomic mass is 9.93. The van der Waals surface area contributed by atoms with Crippen molar-refractivity contribution in [3.05, 3.63) is 156 Å². The highest BCUT2D eigenvalue weighted by atomic mass is 31.1. The number of nitrogens with one attached hydrogen (secondary N) is 1. The van der Waals surface area contributed by atoms with Crippen LogP contribution in [0.15, 0.2) is 140 Å². The van der Waals surface area contributed by atoms with Gasteiger partial charge in [0.05, 0.1) is 25.7 Å². The molecule has 0 spiro atoms. The average Bonchev–Trinajstić information content (AvgIpc) is 3.22. The summed E-state index contributed by atoms with van der Waals surface area (Å²) >= 11 is 0. The molecule has 2 saturated heterocycles. The van der Waals surface area contributed by atoms with Crippen LogP contribution in [0.25, 0.3) is 0 Å². The summed E-state index contributed by atoms with van der Waals surface area (Å²) < 4.78 is 37.6. The predicted octanol–water partition coefficient (Wildman–Crippen LogP) is 6.57. The van der Waals surface area contributed by atoms with Gasteiger partial charge in [0, 0.05) is 11.1 Å². The molecule has 0 bridgehead atoms. The maximum Gasteiger partial charge on any atom is 0.311 e. The Labute approximate surface area is 323 Å². The molecule has 6 atom stereocenters. The summed E-state index contributed by atoms with van der Waals surface area (Å²) in [5, 5.41) is 6.33. The van der Waals surface area contributed by atoms with Crippen molar-refractivity contribution in [2.24, 2.45) is 5.41 Å². The van der Waals surface area contributed by atoms with Crippen LogP contribution in [0.5, 0.6) is 5.75 Å². The second-order valence-electron chi connectivity index (χ2n) is 14.5. The maximum atomic E-state index is 14.8. The molecule has 284 valence electrons. The van der Waals surface area contributed by atoms with E-state index in [-0.39, 0.29) is 19.1 Å². The molecule has 0 saturated carbocycles. The highest BCUT2D eigenvalue weighted by Gasteiger charge is 2.53. The lowest BCUT2D eigenvalue weighted by Crippen LogP contribution is -2.68. The SMILES string of the molecule is COc1ccc([C@@H]2OC[C@H]3O[C@H](OCc4ccccc4)[C@H](NC(=O)c4ccccc4P(c4ccccc4)c4ccccc4)[C@@H](OC(=O)C(C)(C)C)[C@@H]3O2)cc1. The summed E-state index contributed by atoms with van der Waals surface area (Å²) in [4.78, 5) is 28.6. The largest absolute Gasteiger partial charge is 0.497 e. The standard InChI is InChI=1S/C45H46NO8P/c1-45(2,3)44(48)54-40-38(46-41(47)35-22-14-15-23-37(35)55(33-18-10-6-11-19-33)34-20-12-7-13-21-34)43(50-28-30-16-8-5-9-17-30)52-36-29-51-42(53-39(36)40)31-24-26-32(49-4)27-25-31/h5-27,36,38-40,42-43H,28-29H2,1-4H3,(H,46,47)/t36-,38-,39-,40-,42-,43+/m1/s1. The Bertz CT molecular complexity index is 1980. The Balaban J connectivity index is 1.26. The number of hydrogen-bond donors (Lipinski definition) is 1. The van der Waals surface area contributed by atoms with Gasteiger partial charge in [-0.3, -0.25) is 9.59 Å². The molecule has 5 aromatic rings. The van der Waals surface area contributed by atoms with Crippen LogP contribution in [0.1, 0.15) is 48.5 Å². The Morgan fingerprint density at radius 1 is 0.764 bits per heavy atom. The molecule has 1 amide bonds. The summed E-state index contributed by atoms with van der Waals surface area (Å²) in [6.45, 7) is 5.70. The number of rotatable bonds is 11. The normalized spacial score (nSPS) is 22.3. The Morgan fingerprint density at radius 3 is 1.98 bits per heavy atom. The van der Waals surface area contributed by atoms with Crippen molar-refractivity contribution in [1.82, 2.24) is 5.32 Å². The van der Waals surface area contributed by atoms with Crippen LogP contribution in [0.3, 0.4) is 0 Å². The summed E-state index contributed by atoms with van der Waals surface area (Å²) in [7, 11) is 0.488. The molecule has 10 heteroatoms. The third kappa shape index (κ3) is 8.99. The van der Waals surface area contributed by atoms with E-state index >= 15 is 0 Å². The minimum atomic E-state index is -1.12. The van der Waals surface area contributed by atoms with Crippen molar-refractivity contribution in [2.45, 2.75) is 64.3 Å². The first-order valence-corrected chi connectivity index (χ1v) is 19.8. The minimum absolute atomic E-state index is 0.137. The van der Waals surface area contributed by atoms with Crippen molar-refractivity contribution in [2.75, 3.05) is 13.7 Å². The van der Waals surface area contributed by atoms with Gasteiger partial charge in [-0.25, -0.2) is 0 Å². The molecule has 2 aliphatic heterocycles. The molecule has 0 unspecified atom stereocenters. The minimum Gasteiger partial charge on any atom is -0.497 e. The van der Waals surface area contributed by atoms with Crippen LogP contribution in [0.4, 0.5) is 0 Å². The van der Waals surface area contributed by atoms with Crippen LogP contribution in [-0.4, -0.2) is 56.2 Å². The van der Waals surface area contributed by atoms with Gasteiger partial charge in [0.2, 0.25) is 0 Å². The molecule has 9 nitrogen and oxygen atoms in total. The van der Waals surface area contributed by atoms with E-state index in [0.29, 0.717) is 11.3 Å². The summed E-state index contributed by atoms with van der Waals surface area (Å²) in [6, 6.07) is 44.2. The van der Waals surface area contributed by atoms with E-state index in [4.69, 9.17) is 28.4 Å². The third-order valence-corrected chi connectivity index (χ3v) is 12.1. The highest BCUT2D eigenvalue weighted by molar-refractivity contribution is 7.80. The summed E-state index contributed by atoms with van der Waals surface area (Å²) in [5.74, 6) is -0.113. The number of benzene rings is 5. The Kier molecular flexibility index (Phi) is 12.1. The monoisotopic (exact) mass is 759 g/mol. The first-order chi connectivity index (χ1) is 26.7. The number of fused-ring (bicyclic) bond motifs is 1. The Hall–Kier alpha value is -4.89. The highest BCUT2D eigenvalue weighted by Crippen LogP contribution is 2.38. The number of methoxy groups -OCH3 is 1. The van der Waals surface area contributed by atoms with Crippen molar-refractivity contribution in [3.8, 4) is 5.75 Å². The second-order valence-corrected chi connectivity index (χ2v) is 16.7. The van der Waals surface area contributed by atoms with Crippen molar-refractivity contribution >= 4 is 35.7 Å². The number of carbonyl (C=O) groups excluding carboxylic acids is 2. The second kappa shape index (κ2) is 17.3. The lowest BCUT2D eigenvalue weighted by Gasteiger charge is -2.49. The topological polar surface area (TPSA) is 102 Å². The molecule has 0 aromatic heterocycles. The van der Waals surface area contributed by atoms with Crippen LogP contribution in [0, 0.1) is 5.41 Å². The fraction of sp³-hybridized carbons (Fsp3) is 0.289. The van der Waals surface area contributed by atoms with E-state index in [9.17, 15) is 9.59 Å². The van der Waals surface area contributed by atoms with E-state index in [1.54, 1.807) is 27.9 Å². The van der Waals surface area contributed by atoms with Crippen LogP contribution >= 0.6 is 7.92 Å². The quantitative estimate of drug-likeness (QED) is 0.119. The van der Waals surface area contributed by atoms with Gasteiger partial charge in [0.1, 0.15) is 24.0 Å². The Morgan fingerprint density at radius 2 is 1.36 bits per heavy atom. The van der Waals surface area contributed by atoms with Gasteiger partial charge in [-0.1, -0.05) is 121 Å². The van der Waals surface area contributed by atoms with Gasteiger partial charge in [-0.2, -0.15) is 0 Å². The maximum absolute atomic E-state index is 14.8. The number of carbonyl (C=O) groups is 2. The molecule has 55 heavy (non-hydrogen) atoms. The molecule has 2 fully saturated rings. The molecule has 1 N–H and O–H groups in total. The average molecular weight is 760 g/mol. The fourth-order valence-corrected chi connectivity index (χ4v) is 9.11. The van der Waals surface area contributed by atoms with E-state index in [0.717, 1.165) is 27.0 Å². The van der Waals surface area contributed by atoms with Crippen LogP contribution in [-0.2, 0) is 35.1 Å². The van der Waals surface area contributed by atoms with Gasteiger partial charge in [0.25, 0.3) is 5.91 Å². The number of hydrogen-bond acceptors (Lipinski definition) is 8. The zero-order chi connectivity index (χ0) is 38.4.